The Balaban J connectivity index is 1.91. The van der Waals surface area contributed by atoms with E-state index >= 15 is 0 Å². The summed E-state index contributed by atoms with van der Waals surface area (Å²) in [5.74, 6) is -0.963. The Morgan fingerprint density at radius 3 is 2.85 bits per heavy atom. The number of nitrogens with zero attached hydrogens (tertiary/aromatic N) is 3. The molecule has 2 rings (SSSR count). The normalized spacial score (nSPS) is 22.8. The number of likely N-dealkylation sites (tertiary alicyclic amines) is 1. The molecule has 1 aromatic heterocycles. The maximum absolute atomic E-state index is 12.3. The van der Waals surface area contributed by atoms with Crippen molar-refractivity contribution in [3.63, 3.8) is 0 Å². The molecule has 0 spiro atoms. The van der Waals surface area contributed by atoms with Crippen LogP contribution >= 0.6 is 0 Å². The Bertz CT molecular complexity index is 472. The lowest BCUT2D eigenvalue weighted by atomic mass is 9.88. The van der Waals surface area contributed by atoms with Gasteiger partial charge in [-0.3, -0.25) is 4.79 Å². The van der Waals surface area contributed by atoms with Crippen LogP contribution in [0.3, 0.4) is 0 Å². The minimum atomic E-state index is -1.04. The summed E-state index contributed by atoms with van der Waals surface area (Å²) in [6, 6.07) is 0. The van der Waals surface area contributed by atoms with Crippen molar-refractivity contribution in [2.24, 2.45) is 0 Å². The van der Waals surface area contributed by atoms with Crippen molar-refractivity contribution in [2.45, 2.75) is 51.1 Å². The number of amides is 1. The van der Waals surface area contributed by atoms with Gasteiger partial charge in [-0.05, 0) is 32.6 Å². The van der Waals surface area contributed by atoms with Gasteiger partial charge in [-0.2, -0.15) is 0 Å². The first-order valence-electron chi connectivity index (χ1n) is 7.03. The van der Waals surface area contributed by atoms with Crippen LogP contribution in [0.4, 0.5) is 0 Å². The summed E-state index contributed by atoms with van der Waals surface area (Å²) in [6.07, 6.45) is 8.63. The molecule has 1 N–H and O–H groups in total. The topological polar surface area (TPSA) is 75.4 Å². The average Bonchev–Trinajstić information content (AvgIpc) is 2.92. The highest BCUT2D eigenvalue weighted by atomic mass is 16.4. The summed E-state index contributed by atoms with van der Waals surface area (Å²) < 4.78 is 1.92. The number of imidazole rings is 1. The van der Waals surface area contributed by atoms with Gasteiger partial charge in [0.1, 0.15) is 5.54 Å². The number of carboxylic acids is 1. The summed E-state index contributed by atoms with van der Waals surface area (Å²) >= 11 is 0. The molecule has 0 saturated carbocycles. The lowest BCUT2D eigenvalue weighted by Gasteiger charge is -2.41. The summed E-state index contributed by atoms with van der Waals surface area (Å²) in [6.45, 7) is 2.93. The Morgan fingerprint density at radius 2 is 2.20 bits per heavy atom. The van der Waals surface area contributed by atoms with Crippen LogP contribution in [0.15, 0.2) is 18.7 Å². The molecule has 0 aromatic carbocycles. The lowest BCUT2D eigenvalue weighted by molar-refractivity contribution is -0.161. The molecular formula is C14H21N3O3. The van der Waals surface area contributed by atoms with E-state index in [9.17, 15) is 14.7 Å². The van der Waals surface area contributed by atoms with E-state index in [0.717, 1.165) is 19.4 Å². The number of aromatic nitrogens is 2. The van der Waals surface area contributed by atoms with Gasteiger partial charge in [0.2, 0.25) is 5.91 Å². The van der Waals surface area contributed by atoms with Crippen LogP contribution in [0.25, 0.3) is 0 Å². The van der Waals surface area contributed by atoms with Crippen molar-refractivity contribution in [3.8, 4) is 0 Å². The minimum Gasteiger partial charge on any atom is -0.480 e. The Kier molecular flexibility index (Phi) is 4.42. The first-order chi connectivity index (χ1) is 9.54. The van der Waals surface area contributed by atoms with E-state index in [1.54, 1.807) is 24.3 Å². The molecule has 20 heavy (non-hydrogen) atoms. The smallest absolute Gasteiger partial charge is 0.329 e. The van der Waals surface area contributed by atoms with E-state index < -0.39 is 11.5 Å². The van der Waals surface area contributed by atoms with Crippen LogP contribution in [-0.4, -0.2) is 43.5 Å². The molecule has 1 aliphatic rings. The SMILES string of the molecule is CC1(C(=O)O)CCCCN1C(=O)CCCn1ccnc1. The lowest BCUT2D eigenvalue weighted by Crippen LogP contribution is -2.57. The third-order valence-corrected chi connectivity index (χ3v) is 4.02. The molecular weight excluding hydrogens is 258 g/mol. The van der Waals surface area contributed by atoms with E-state index in [1.807, 2.05) is 10.8 Å². The summed E-state index contributed by atoms with van der Waals surface area (Å²) in [5.41, 5.74) is -1.04. The van der Waals surface area contributed by atoms with Gasteiger partial charge in [0.15, 0.2) is 0 Å². The molecule has 110 valence electrons. The van der Waals surface area contributed by atoms with Crippen LogP contribution in [-0.2, 0) is 16.1 Å². The molecule has 1 atom stereocenters. The number of carboxylic acid groups (broad SMARTS) is 1. The number of piperidine rings is 1. The number of rotatable bonds is 5. The average molecular weight is 279 g/mol. The second-order valence-electron chi connectivity index (χ2n) is 5.49. The Morgan fingerprint density at radius 1 is 1.40 bits per heavy atom. The van der Waals surface area contributed by atoms with Crippen LogP contribution < -0.4 is 0 Å². The van der Waals surface area contributed by atoms with Crippen molar-refractivity contribution in [1.82, 2.24) is 14.5 Å². The summed E-state index contributed by atoms with van der Waals surface area (Å²) in [4.78, 5) is 29.2. The van der Waals surface area contributed by atoms with E-state index in [0.29, 0.717) is 25.8 Å². The number of hydrogen-bond donors (Lipinski definition) is 1. The highest BCUT2D eigenvalue weighted by molar-refractivity contribution is 5.87. The number of hydrogen-bond acceptors (Lipinski definition) is 3. The largest absolute Gasteiger partial charge is 0.480 e. The van der Waals surface area contributed by atoms with Crippen molar-refractivity contribution < 1.29 is 14.7 Å². The van der Waals surface area contributed by atoms with Gasteiger partial charge >= 0.3 is 5.97 Å². The Hall–Kier alpha value is -1.85. The van der Waals surface area contributed by atoms with Crippen molar-refractivity contribution >= 4 is 11.9 Å². The molecule has 0 radical (unpaired) electrons. The third-order valence-electron chi connectivity index (χ3n) is 4.02. The highest BCUT2D eigenvalue weighted by Crippen LogP contribution is 2.29. The van der Waals surface area contributed by atoms with Crippen molar-refractivity contribution in [3.05, 3.63) is 18.7 Å². The first-order valence-corrected chi connectivity index (χ1v) is 7.03. The van der Waals surface area contributed by atoms with Gasteiger partial charge in [-0.15, -0.1) is 0 Å². The molecule has 1 fully saturated rings. The molecule has 0 aliphatic carbocycles. The van der Waals surface area contributed by atoms with E-state index in [-0.39, 0.29) is 5.91 Å². The number of carbonyl (C=O) groups is 2. The predicted octanol–water partition coefficient (Wildman–Crippen LogP) is 1.52. The van der Waals surface area contributed by atoms with Crippen LogP contribution in [0.1, 0.15) is 39.0 Å². The molecule has 6 nitrogen and oxygen atoms in total. The first kappa shape index (κ1) is 14.6. The molecule has 1 saturated heterocycles. The van der Waals surface area contributed by atoms with Crippen LogP contribution in [0.2, 0.25) is 0 Å². The van der Waals surface area contributed by atoms with Gasteiger partial charge in [-0.25, -0.2) is 9.78 Å². The van der Waals surface area contributed by atoms with E-state index in [4.69, 9.17) is 0 Å². The van der Waals surface area contributed by atoms with Crippen molar-refractivity contribution in [1.29, 1.82) is 0 Å². The third kappa shape index (κ3) is 3.00. The molecule has 0 bridgehead atoms. The number of aryl methyl sites for hydroxylation is 1. The van der Waals surface area contributed by atoms with Gasteiger partial charge in [0.05, 0.1) is 6.33 Å². The summed E-state index contributed by atoms with van der Waals surface area (Å²) in [7, 11) is 0. The fraction of sp³-hybridized carbons (Fsp3) is 0.643. The zero-order valence-electron chi connectivity index (χ0n) is 11.8. The summed E-state index contributed by atoms with van der Waals surface area (Å²) in [5, 5.41) is 9.39. The second-order valence-corrected chi connectivity index (χ2v) is 5.49. The fourth-order valence-electron chi connectivity index (χ4n) is 2.71. The molecule has 1 aromatic rings. The number of aliphatic carboxylic acids is 1. The Labute approximate surface area is 118 Å². The molecule has 2 heterocycles. The maximum atomic E-state index is 12.3. The number of carbonyl (C=O) groups excluding carboxylic acids is 1. The van der Waals surface area contributed by atoms with Gasteiger partial charge < -0.3 is 14.6 Å². The van der Waals surface area contributed by atoms with Crippen LogP contribution in [0, 0.1) is 0 Å². The minimum absolute atomic E-state index is 0.0604. The second kappa shape index (κ2) is 6.07. The van der Waals surface area contributed by atoms with Gasteiger partial charge in [0, 0.05) is 31.9 Å². The molecule has 1 unspecified atom stereocenters. The zero-order chi connectivity index (χ0) is 14.6. The van der Waals surface area contributed by atoms with Gasteiger partial charge in [0.25, 0.3) is 0 Å². The maximum Gasteiger partial charge on any atom is 0.329 e. The predicted molar refractivity (Wildman–Crippen MR) is 73.1 cm³/mol. The molecule has 1 aliphatic heterocycles. The van der Waals surface area contributed by atoms with E-state index in [1.165, 1.54) is 0 Å². The monoisotopic (exact) mass is 279 g/mol. The molecule has 1 amide bonds. The van der Waals surface area contributed by atoms with Gasteiger partial charge in [-0.1, -0.05) is 0 Å². The zero-order valence-corrected chi connectivity index (χ0v) is 11.8. The highest BCUT2D eigenvalue weighted by Gasteiger charge is 2.43. The molecule has 6 heteroatoms. The standard InChI is InChI=1S/C14H21N3O3/c1-14(13(19)20)6-2-3-9-17(14)12(18)5-4-8-16-10-7-15-11-16/h7,10-11H,2-6,8-9H2,1H3,(H,19,20). The fourth-order valence-corrected chi connectivity index (χ4v) is 2.71. The van der Waals surface area contributed by atoms with Crippen LogP contribution in [0.5, 0.6) is 0 Å². The van der Waals surface area contributed by atoms with E-state index in [2.05, 4.69) is 4.98 Å². The van der Waals surface area contributed by atoms with Crippen molar-refractivity contribution in [2.75, 3.05) is 6.54 Å². The quantitative estimate of drug-likeness (QED) is 0.886.